The summed E-state index contributed by atoms with van der Waals surface area (Å²) in [7, 11) is -1.99. The van der Waals surface area contributed by atoms with Crippen molar-refractivity contribution < 1.29 is 0 Å². The second kappa shape index (κ2) is 12.6. The monoisotopic (exact) mass is 730 g/mol. The van der Waals surface area contributed by atoms with E-state index in [1.807, 2.05) is 0 Å². The molecule has 0 radical (unpaired) electrons. The Hall–Kier alpha value is -6.28. The molecule has 0 saturated carbocycles. The maximum Gasteiger partial charge on any atom is 0.113 e. The molecule has 0 nitrogen and oxygen atoms in total. The Morgan fingerprint density at radius 3 is 1.66 bits per heavy atom. The largest absolute Gasteiger partial charge is 0.113 e. The van der Waals surface area contributed by atoms with E-state index in [4.69, 9.17) is 0 Å². The molecule has 9 aromatic carbocycles. The van der Waals surface area contributed by atoms with E-state index in [0.29, 0.717) is 5.92 Å². The SMILES string of the molecule is CC1C=Cc2cccc(-c3ccccc3-c3c4ccccc4c(-c4ccccc4-c4cccc5ccccc45)c4cc5c(cc34)[Si](C)(C)c3ccccc3-5)c2C1. The second-order valence-electron chi connectivity index (χ2n) is 16.4. The highest BCUT2D eigenvalue weighted by atomic mass is 28.3. The Kier molecular flexibility index (Phi) is 7.46. The normalized spacial score (nSPS) is 15.2. The van der Waals surface area contributed by atoms with Crippen molar-refractivity contribution in [2.24, 2.45) is 5.92 Å². The Bertz CT molecular complexity index is 3100. The van der Waals surface area contributed by atoms with Crippen LogP contribution in [0.5, 0.6) is 0 Å². The van der Waals surface area contributed by atoms with Gasteiger partial charge in [0.2, 0.25) is 0 Å². The summed E-state index contributed by atoms with van der Waals surface area (Å²) in [6.07, 6.45) is 5.74. The van der Waals surface area contributed by atoms with E-state index in [1.54, 1.807) is 0 Å². The van der Waals surface area contributed by atoms with Gasteiger partial charge in [0.1, 0.15) is 8.07 Å². The molecule has 56 heavy (non-hydrogen) atoms. The summed E-state index contributed by atoms with van der Waals surface area (Å²) in [5, 5.41) is 10.8. The van der Waals surface area contributed by atoms with E-state index in [9.17, 15) is 0 Å². The molecule has 2 aliphatic rings. The lowest BCUT2D eigenvalue weighted by molar-refractivity contribution is 0.718. The summed E-state index contributed by atoms with van der Waals surface area (Å²) in [5.74, 6) is 0.509. The minimum absolute atomic E-state index is 0.509. The molecule has 0 bridgehead atoms. The lowest BCUT2D eigenvalue weighted by Gasteiger charge is -2.25. The molecule has 1 aliphatic carbocycles. The topological polar surface area (TPSA) is 0 Å². The fourth-order valence-corrected chi connectivity index (χ4v) is 13.3. The molecule has 11 rings (SSSR count). The number of rotatable bonds is 4. The highest BCUT2D eigenvalue weighted by molar-refractivity contribution is 7.04. The smallest absolute Gasteiger partial charge is 0.0808 e. The summed E-state index contributed by atoms with van der Waals surface area (Å²) >= 11 is 0. The van der Waals surface area contributed by atoms with Crippen molar-refractivity contribution >= 4 is 56.8 Å². The molecule has 1 aliphatic heterocycles. The molecule has 1 heteroatoms. The second-order valence-corrected chi connectivity index (χ2v) is 20.8. The Labute approximate surface area is 330 Å². The zero-order chi connectivity index (χ0) is 37.5. The van der Waals surface area contributed by atoms with Gasteiger partial charge in [-0.05, 0) is 128 Å². The standard InChI is InChI=1S/C55H42Si/c1-35-30-31-37-18-15-28-42(48(37)32-35)41-21-7-9-24-45(41)55-47-26-11-10-25-46(47)54(44-23-8-6-20-40(44)39-27-14-17-36-16-4-5-19-38(36)39)50-33-49-43-22-12-13-29-52(43)56(2,3)53(49)34-51(50)55/h4-31,33-35H,32H2,1-3H3. The van der Waals surface area contributed by atoms with Gasteiger partial charge in [-0.1, -0.05) is 196 Å². The molecule has 0 saturated heterocycles. The van der Waals surface area contributed by atoms with Crippen molar-refractivity contribution in [3.05, 3.63) is 187 Å². The average molecular weight is 731 g/mol. The van der Waals surface area contributed by atoms with E-state index >= 15 is 0 Å². The zero-order valence-corrected chi connectivity index (χ0v) is 33.1. The molecular formula is C55H42Si. The maximum atomic E-state index is 2.63. The van der Waals surface area contributed by atoms with Crippen molar-refractivity contribution in [3.63, 3.8) is 0 Å². The van der Waals surface area contributed by atoms with Crippen LogP contribution in [0, 0.1) is 5.92 Å². The van der Waals surface area contributed by atoms with Gasteiger partial charge in [-0.2, -0.15) is 0 Å². The molecule has 9 aromatic rings. The number of hydrogen-bond donors (Lipinski definition) is 0. The van der Waals surface area contributed by atoms with Gasteiger partial charge in [0, 0.05) is 0 Å². The fraction of sp³-hybridized carbons (Fsp3) is 0.0909. The molecule has 266 valence electrons. The van der Waals surface area contributed by atoms with Gasteiger partial charge in [-0.15, -0.1) is 0 Å². The molecule has 1 atom stereocenters. The van der Waals surface area contributed by atoms with E-state index in [1.165, 1.54) is 109 Å². The molecule has 0 N–H and O–H groups in total. The van der Waals surface area contributed by atoms with E-state index in [-0.39, 0.29) is 0 Å². The first-order chi connectivity index (χ1) is 27.5. The number of benzene rings is 9. The van der Waals surface area contributed by atoms with Crippen LogP contribution in [-0.2, 0) is 6.42 Å². The van der Waals surface area contributed by atoms with Crippen molar-refractivity contribution in [3.8, 4) is 55.6 Å². The van der Waals surface area contributed by atoms with Crippen LogP contribution >= 0.6 is 0 Å². The van der Waals surface area contributed by atoms with Crippen LogP contribution < -0.4 is 10.4 Å². The number of hydrogen-bond acceptors (Lipinski definition) is 0. The van der Waals surface area contributed by atoms with E-state index in [2.05, 4.69) is 202 Å². The fourth-order valence-electron chi connectivity index (χ4n) is 10.2. The van der Waals surface area contributed by atoms with Gasteiger partial charge in [-0.25, -0.2) is 0 Å². The van der Waals surface area contributed by atoms with Gasteiger partial charge >= 0.3 is 0 Å². The Morgan fingerprint density at radius 2 is 0.929 bits per heavy atom. The van der Waals surface area contributed by atoms with Crippen LogP contribution in [0.25, 0.3) is 94.0 Å². The molecule has 0 fully saturated rings. The van der Waals surface area contributed by atoms with Gasteiger partial charge in [0.15, 0.2) is 0 Å². The van der Waals surface area contributed by atoms with Crippen molar-refractivity contribution in [2.75, 3.05) is 0 Å². The highest BCUT2D eigenvalue weighted by Gasteiger charge is 2.38. The minimum Gasteiger partial charge on any atom is -0.0808 e. The number of fused-ring (bicyclic) bond motifs is 7. The van der Waals surface area contributed by atoms with Crippen LogP contribution in [0.1, 0.15) is 18.1 Å². The van der Waals surface area contributed by atoms with Crippen LogP contribution in [0.15, 0.2) is 176 Å². The summed E-state index contributed by atoms with van der Waals surface area (Å²) in [5.41, 5.74) is 16.0. The van der Waals surface area contributed by atoms with Crippen LogP contribution in [-0.4, -0.2) is 8.07 Å². The summed E-state index contributed by atoms with van der Waals surface area (Å²) in [6, 6.07) is 64.4. The summed E-state index contributed by atoms with van der Waals surface area (Å²) < 4.78 is 0. The predicted octanol–water partition coefficient (Wildman–Crippen LogP) is 13.8. The zero-order valence-electron chi connectivity index (χ0n) is 32.1. The van der Waals surface area contributed by atoms with E-state index in [0.717, 1.165) is 6.42 Å². The maximum absolute atomic E-state index is 2.63. The van der Waals surface area contributed by atoms with Crippen LogP contribution in [0.4, 0.5) is 0 Å². The third kappa shape index (κ3) is 4.90. The quantitative estimate of drug-likeness (QED) is 0.125. The van der Waals surface area contributed by atoms with Gasteiger partial charge in [-0.3, -0.25) is 0 Å². The minimum atomic E-state index is -1.99. The third-order valence-corrected chi connectivity index (χ3v) is 16.4. The Morgan fingerprint density at radius 1 is 0.411 bits per heavy atom. The molecule has 0 amide bonds. The molecular weight excluding hydrogens is 689 g/mol. The first-order valence-electron chi connectivity index (χ1n) is 20.1. The average Bonchev–Trinajstić information content (AvgIpc) is 3.46. The highest BCUT2D eigenvalue weighted by Crippen LogP contribution is 2.50. The van der Waals surface area contributed by atoms with Crippen molar-refractivity contribution in [1.29, 1.82) is 0 Å². The van der Waals surface area contributed by atoms with Gasteiger partial charge in [0.25, 0.3) is 0 Å². The first kappa shape index (κ1) is 33.1. The Balaban J connectivity index is 1.29. The first-order valence-corrected chi connectivity index (χ1v) is 23.1. The van der Waals surface area contributed by atoms with Gasteiger partial charge in [0.05, 0.1) is 0 Å². The molecule has 1 unspecified atom stereocenters. The van der Waals surface area contributed by atoms with E-state index < -0.39 is 8.07 Å². The summed E-state index contributed by atoms with van der Waals surface area (Å²) in [6.45, 7) is 7.42. The summed E-state index contributed by atoms with van der Waals surface area (Å²) in [4.78, 5) is 0. The van der Waals surface area contributed by atoms with Gasteiger partial charge < -0.3 is 0 Å². The van der Waals surface area contributed by atoms with Crippen LogP contribution in [0.2, 0.25) is 13.1 Å². The lowest BCUT2D eigenvalue weighted by Crippen LogP contribution is -2.49. The molecule has 0 spiro atoms. The van der Waals surface area contributed by atoms with Crippen molar-refractivity contribution in [2.45, 2.75) is 26.4 Å². The lowest BCUT2D eigenvalue weighted by atomic mass is 9.80. The molecule has 1 heterocycles. The molecule has 0 aromatic heterocycles. The third-order valence-electron chi connectivity index (χ3n) is 12.8. The predicted molar refractivity (Wildman–Crippen MR) is 245 cm³/mol. The number of allylic oxidation sites excluding steroid dienone is 1. The van der Waals surface area contributed by atoms with Crippen LogP contribution in [0.3, 0.4) is 0 Å². The van der Waals surface area contributed by atoms with Crippen molar-refractivity contribution in [1.82, 2.24) is 0 Å².